The highest BCUT2D eigenvalue weighted by atomic mass is 33.1. The Labute approximate surface area is 882 Å². The van der Waals surface area contributed by atoms with Crippen LogP contribution in [0.25, 0.3) is 0 Å². The third kappa shape index (κ3) is 45.5. The van der Waals surface area contributed by atoms with Crippen LogP contribution in [0.5, 0.6) is 0 Å². The second-order valence-corrected chi connectivity index (χ2v) is 42.8. The quantitative estimate of drug-likeness (QED) is 0.00837. The number of carboxylic acid groups (broad SMARTS) is 3. The van der Waals surface area contributed by atoms with Gasteiger partial charge >= 0.3 is 36.1 Å². The minimum absolute atomic E-state index is 0.00940. The molecule has 1 aliphatic carbocycles. The number of carboxylic acids is 3. The van der Waals surface area contributed by atoms with Gasteiger partial charge in [-0.25, -0.2) is 29.4 Å². The molecule has 9 amide bonds. The summed E-state index contributed by atoms with van der Waals surface area (Å²) in [5.41, 5.74) is 6.06. The summed E-state index contributed by atoms with van der Waals surface area (Å²) in [5.74, 6) is -21.2. The van der Waals surface area contributed by atoms with Crippen LogP contribution in [0.4, 0.5) is 15.3 Å². The number of esters is 1. The molecule has 46 nitrogen and oxygen atoms in total. The number of fused-ring (bicyclic) bond motifs is 3. The third-order valence-corrected chi connectivity index (χ3v) is 30.6. The Kier molecular flexibility index (Phi) is 59.3. The first-order valence-electron chi connectivity index (χ1n) is 49.9. The van der Waals surface area contributed by atoms with Gasteiger partial charge in [-0.2, -0.15) is 0 Å². The number of methoxy groups -OCH3 is 3. The van der Waals surface area contributed by atoms with E-state index < -0.39 is 273 Å². The van der Waals surface area contributed by atoms with Crippen LogP contribution in [0.15, 0.2) is 71.9 Å². The molecule has 19 N–H and O–H groups in total. The van der Waals surface area contributed by atoms with Crippen LogP contribution in [-0.4, -0.2) is 363 Å². The predicted molar refractivity (Wildman–Crippen MR) is 548 cm³/mol. The number of amides is 9. The summed E-state index contributed by atoms with van der Waals surface area (Å²) in [5, 5.41) is 120. The summed E-state index contributed by atoms with van der Waals surface area (Å²) in [4.78, 5) is 229. The standard InChI is InChI=1S/C99H152N10O36S4/c1-13-100-65-27-25-64(26-28-65)90(125)104-68(94(129)130)31-34-81(116)107-108-97(134)141-40-43-148-149-54-70(95(131)132)106-92(127)69(105-91(126)67(103-89(124)57(4)22-35-82(117)118)30-33-79(114)102-52-73(112)85(121)86(122)74(113)53-110)51-101-80(115)36-42-146-147-44-41-143-98(135)142-39-38-140-75-32-24-63(48-78(75)138-11)47-59(6)77-50-72(111)58(5)46-61(8)84(120)87(139-12)83(119)60(7)45-55(2)19-15-14-16-20-56(3)76(137-10)49-66-29-23-62(9)99(136,145-66)88(123)93(128)109-37-18-17-21-71(109)96(133)144-77/h14-16,19-20,25-28,46,55,57-60,62-63,66-71,73-78,84-87,100,110,112-113,120-122,136H,13,17-18,21-24,29-45,47-54H2,1-12H3,(H,101,115)(H,102,114)(H,103,124)(H,104,125)(H,105,126)(H,106,127)(H,107,116)(H,108,134)(H,117,118)(H,129,130)(H,131,132)/b16-14+,19-15+,56-20+,61-46+/t55-,57+,58-,59-,60-,62-,63+,66+,67+,68+,69+,70+,71+,73+,74-,75+,76+,77+,78-,84-,85-,86-,87-,99-/m1/s1. The number of nitrogens with one attached hydrogen (secondary N) is 9. The van der Waals surface area contributed by atoms with Crippen molar-refractivity contribution < 1.29 is 175 Å². The van der Waals surface area contributed by atoms with Crippen LogP contribution in [0.2, 0.25) is 0 Å². The van der Waals surface area contributed by atoms with E-state index in [1.165, 1.54) is 62.0 Å². The maximum Gasteiger partial charge on any atom is 0.508 e. The first-order chi connectivity index (χ1) is 70.7. The highest BCUT2D eigenvalue weighted by Crippen LogP contribution is 2.39. The zero-order valence-corrected chi connectivity index (χ0v) is 89.6. The van der Waals surface area contributed by atoms with E-state index in [2.05, 4.69) is 42.6 Å². The first kappa shape index (κ1) is 130. The lowest BCUT2D eigenvalue weighted by molar-refractivity contribution is -0.265. The van der Waals surface area contributed by atoms with E-state index >= 15 is 0 Å². The number of aliphatic hydroxyl groups excluding tert-OH is 6. The number of hydrazine groups is 1. The number of allylic oxidation sites excluding steroid dienone is 6. The second kappa shape index (κ2) is 68.2. The molecule has 24 atom stereocenters. The van der Waals surface area contributed by atoms with Gasteiger partial charge < -0.3 is 136 Å². The number of piperidine rings is 1. The monoisotopic (exact) mass is 2180 g/mol. The zero-order chi connectivity index (χ0) is 111. The Hall–Kier alpha value is -9.91. The van der Waals surface area contributed by atoms with Crippen molar-refractivity contribution in [2.45, 2.75) is 287 Å². The molecule has 0 unspecified atom stereocenters. The van der Waals surface area contributed by atoms with E-state index in [9.17, 15) is 133 Å². The maximum atomic E-state index is 14.8. The van der Waals surface area contributed by atoms with Crippen LogP contribution >= 0.6 is 43.2 Å². The summed E-state index contributed by atoms with van der Waals surface area (Å²) >= 11 is 0. The highest BCUT2D eigenvalue weighted by molar-refractivity contribution is 8.77. The second-order valence-electron chi connectivity index (χ2n) is 37.5. The molecular weight excluding hydrogens is 2030 g/mol. The molecule has 50 heteroatoms. The van der Waals surface area contributed by atoms with Gasteiger partial charge in [-0.15, -0.1) is 0 Å². The van der Waals surface area contributed by atoms with Crippen LogP contribution in [0.3, 0.4) is 0 Å². The summed E-state index contributed by atoms with van der Waals surface area (Å²) < 4.78 is 51.9. The van der Waals surface area contributed by atoms with E-state index in [0.29, 0.717) is 69.9 Å². The number of Topliss-reactive ketones (excluding diaryl/α,β-unsaturated/α-hetero) is 3. The van der Waals surface area contributed by atoms with E-state index in [4.69, 9.17) is 42.6 Å². The van der Waals surface area contributed by atoms with Crippen LogP contribution in [-0.2, 0) is 110 Å². The van der Waals surface area contributed by atoms with Crippen LogP contribution in [0, 0.1) is 41.4 Å². The predicted octanol–water partition coefficient (Wildman–Crippen LogP) is 3.85. The van der Waals surface area contributed by atoms with E-state index in [1.807, 2.05) is 63.5 Å². The van der Waals surface area contributed by atoms with Crippen LogP contribution < -0.4 is 48.1 Å². The number of anilines is 1. The molecule has 3 heterocycles. The fourth-order valence-electron chi connectivity index (χ4n) is 16.9. The van der Waals surface area contributed by atoms with Crippen molar-refractivity contribution in [1.82, 2.24) is 47.7 Å². The summed E-state index contributed by atoms with van der Waals surface area (Å²) in [6, 6.07) is -1.84. The number of rotatable bonds is 52. The Morgan fingerprint density at radius 2 is 1.24 bits per heavy atom. The Balaban J connectivity index is 1.18. The number of ether oxygens (including phenoxy) is 9. The number of aliphatic hydroxyl groups is 7. The van der Waals surface area contributed by atoms with Gasteiger partial charge in [0.25, 0.3) is 17.6 Å². The zero-order valence-electron chi connectivity index (χ0n) is 86.3. The van der Waals surface area contributed by atoms with Gasteiger partial charge in [0.1, 0.15) is 92.4 Å². The lowest BCUT2D eigenvalue weighted by atomic mass is 9.78. The van der Waals surface area contributed by atoms with Gasteiger partial charge in [0.15, 0.2) is 5.78 Å². The van der Waals surface area contributed by atoms with Crippen molar-refractivity contribution in [3.63, 3.8) is 0 Å². The molecule has 838 valence electrons. The summed E-state index contributed by atoms with van der Waals surface area (Å²) in [6.45, 7) is 12.9. The minimum Gasteiger partial charge on any atom is -0.481 e. The first-order valence-corrected chi connectivity index (χ1v) is 54.9. The Morgan fingerprint density at radius 3 is 1.91 bits per heavy atom. The number of hydrogen-bond acceptors (Lipinski definition) is 38. The van der Waals surface area contributed by atoms with E-state index in [-0.39, 0.29) is 118 Å². The van der Waals surface area contributed by atoms with Crippen molar-refractivity contribution in [2.24, 2.45) is 41.4 Å². The average Bonchev–Trinajstić information content (AvgIpc) is 0.770. The number of hydrogen-bond donors (Lipinski definition) is 19. The van der Waals surface area contributed by atoms with Crippen molar-refractivity contribution in [1.29, 1.82) is 0 Å². The summed E-state index contributed by atoms with van der Waals surface area (Å²) in [7, 11) is 8.60. The number of benzene rings is 1. The van der Waals surface area contributed by atoms with Gasteiger partial charge in [0, 0.05) is 144 Å². The van der Waals surface area contributed by atoms with Gasteiger partial charge in [-0.05, 0) is 157 Å². The molecule has 2 saturated heterocycles. The number of nitrogens with zero attached hydrogens (tertiary/aromatic N) is 1. The molecule has 1 saturated carbocycles. The lowest BCUT2D eigenvalue weighted by Crippen LogP contribution is -2.61. The summed E-state index contributed by atoms with van der Waals surface area (Å²) in [6.07, 6.45) is -4.01. The lowest BCUT2D eigenvalue weighted by Gasteiger charge is -2.42. The largest absolute Gasteiger partial charge is 0.508 e. The molecule has 0 aromatic heterocycles. The number of ketones is 3. The maximum absolute atomic E-state index is 14.8. The number of cyclic esters (lactones) is 1. The van der Waals surface area contributed by atoms with Crippen LogP contribution in [0.1, 0.15) is 195 Å². The van der Waals surface area contributed by atoms with Crippen molar-refractivity contribution in [2.75, 3.05) is 109 Å². The molecule has 3 aliphatic heterocycles. The molecule has 1 aromatic rings. The molecule has 4 aliphatic rings. The van der Waals surface area contributed by atoms with E-state index in [1.54, 1.807) is 45.9 Å². The molecule has 0 spiro atoms. The highest BCUT2D eigenvalue weighted by Gasteiger charge is 2.54. The smallest absolute Gasteiger partial charge is 0.481 e. The van der Waals surface area contributed by atoms with Gasteiger partial charge in [0.05, 0.1) is 43.7 Å². The number of carbonyl (C=O) groups excluding carboxylic acids is 14. The molecule has 2 bridgehead atoms. The topological polar surface area (TPSA) is 687 Å². The van der Waals surface area contributed by atoms with E-state index in [0.717, 1.165) is 37.7 Å². The molecule has 3 fully saturated rings. The molecule has 1 aromatic carbocycles. The number of aliphatic carboxylic acids is 3. The van der Waals surface area contributed by atoms with Crippen molar-refractivity contribution in [3.8, 4) is 0 Å². The molecule has 0 radical (unpaired) electrons. The normalized spacial score (nSPS) is 25.7. The third-order valence-electron chi connectivity index (χ3n) is 25.9. The van der Waals surface area contributed by atoms with Gasteiger partial charge in [-0.1, -0.05) is 121 Å². The fourth-order valence-corrected chi connectivity index (χ4v) is 20.7. The fraction of sp³-hybridized carbons (Fsp3) is 0.687. The van der Waals surface area contributed by atoms with Gasteiger partial charge in [0.2, 0.25) is 41.2 Å². The average molecular weight is 2190 g/mol. The van der Waals surface area contributed by atoms with Crippen molar-refractivity contribution in [3.05, 3.63) is 77.4 Å². The van der Waals surface area contributed by atoms with Crippen molar-refractivity contribution >= 4 is 150 Å². The van der Waals surface area contributed by atoms with Gasteiger partial charge in [-0.3, -0.25) is 63.0 Å². The molecule has 149 heavy (non-hydrogen) atoms. The Bertz CT molecular complexity index is 4660. The SMILES string of the molecule is CCNc1ccc(C(=O)N[C@@H](CCC(=O)NNC(=O)OCCSSC[C@H](NC(=O)[C@H](CNC(=O)CCSSCCOC(=O)OCCO[C@H]2CC[C@@H](C[C@@H](C)[C@@H]3CC(=O)[C@H](C)/C=C(\C)[C@@H](O)[C@H](OC)C(=O)[C@H](C)C[C@H](C)/C=C/C=C/C=C(\C)[C@@H](OC)C[C@@H]4CC[C@@H](C)[C@@](O)(O4)C(=O)C(=O)N4CCCC[C@H]4C(=O)O3)C[C@H]2OC)NC(=O)[C@H](CCC(=O)NC[C@H](O)[C@@H](O)[C@H](O)[C@H](O)CO)NC(=O)[C@@H](C)CCC(=O)O)C(=O)O)C(=O)O)cc1. The number of carbonyl (C=O) groups is 17. The minimum atomic E-state index is -2.54. The molecular formula is C99H152N10O36S4. The molecule has 5 rings (SSSR count). The Morgan fingerprint density at radius 1 is 0.611 bits per heavy atom.